The van der Waals surface area contributed by atoms with E-state index in [4.69, 9.17) is 20.8 Å². The van der Waals surface area contributed by atoms with Gasteiger partial charge in [-0.1, -0.05) is 23.7 Å². The first-order valence-electron chi connectivity index (χ1n) is 8.16. The van der Waals surface area contributed by atoms with Gasteiger partial charge in [0.2, 0.25) is 0 Å². The third kappa shape index (κ3) is 4.47. The lowest BCUT2D eigenvalue weighted by atomic mass is 10.2. The standard InChI is InChI=1S/C19H17ClN2O5S/c1-26-17-7-3-2-6-16(17)22-28(24,25)18-11-13(8-9-15(18)20)19(23)21-12-14-5-4-10-27-14/h2-11,22H,12H2,1H3,(H,21,23). The SMILES string of the molecule is COc1ccccc1NS(=O)(=O)c1cc(C(=O)NCc2ccco2)ccc1Cl. The molecule has 0 unspecified atom stereocenters. The van der Waals surface area contributed by atoms with Crippen LogP contribution < -0.4 is 14.8 Å². The van der Waals surface area contributed by atoms with Gasteiger partial charge < -0.3 is 14.5 Å². The first-order chi connectivity index (χ1) is 13.4. The highest BCUT2D eigenvalue weighted by atomic mass is 35.5. The van der Waals surface area contributed by atoms with Crippen LogP contribution in [0.4, 0.5) is 5.69 Å². The Labute approximate surface area is 167 Å². The zero-order chi connectivity index (χ0) is 20.1. The van der Waals surface area contributed by atoms with Gasteiger partial charge in [0.05, 0.1) is 30.6 Å². The number of benzene rings is 2. The van der Waals surface area contributed by atoms with Gasteiger partial charge in [-0.25, -0.2) is 8.42 Å². The number of ether oxygens (including phenoxy) is 1. The van der Waals surface area contributed by atoms with Crippen LogP contribution in [0.25, 0.3) is 0 Å². The Morgan fingerprint density at radius 1 is 1.14 bits per heavy atom. The second-order valence-corrected chi connectivity index (χ2v) is 7.77. The molecule has 0 spiro atoms. The molecule has 0 saturated carbocycles. The van der Waals surface area contributed by atoms with E-state index >= 15 is 0 Å². The normalized spacial score (nSPS) is 11.1. The molecular weight excluding hydrogens is 404 g/mol. The number of carbonyl (C=O) groups is 1. The van der Waals surface area contributed by atoms with Gasteiger partial charge in [0.25, 0.3) is 15.9 Å². The molecular formula is C19H17ClN2O5S. The van der Waals surface area contributed by atoms with Crippen LogP contribution in [0.1, 0.15) is 16.1 Å². The van der Waals surface area contributed by atoms with Crippen molar-refractivity contribution in [2.45, 2.75) is 11.4 Å². The molecule has 9 heteroatoms. The Hall–Kier alpha value is -2.97. The van der Waals surface area contributed by atoms with Gasteiger partial charge in [-0.2, -0.15) is 0 Å². The topological polar surface area (TPSA) is 97.6 Å². The number of carbonyl (C=O) groups excluding carboxylic acids is 1. The van der Waals surface area contributed by atoms with E-state index in [9.17, 15) is 13.2 Å². The molecule has 0 aliphatic heterocycles. The number of rotatable bonds is 7. The zero-order valence-electron chi connectivity index (χ0n) is 14.8. The first-order valence-corrected chi connectivity index (χ1v) is 10.0. The van der Waals surface area contributed by atoms with Crippen LogP contribution in [-0.4, -0.2) is 21.4 Å². The van der Waals surface area contributed by atoms with Gasteiger partial charge >= 0.3 is 0 Å². The van der Waals surface area contributed by atoms with Crippen molar-refractivity contribution in [1.82, 2.24) is 5.32 Å². The molecule has 0 saturated heterocycles. The minimum atomic E-state index is -4.05. The first kappa shape index (κ1) is 19.8. The molecule has 7 nitrogen and oxygen atoms in total. The summed E-state index contributed by atoms with van der Waals surface area (Å²) in [6.07, 6.45) is 1.50. The van der Waals surface area contributed by atoms with Crippen molar-refractivity contribution in [3.05, 3.63) is 77.2 Å². The quantitative estimate of drug-likeness (QED) is 0.607. The lowest BCUT2D eigenvalue weighted by molar-refractivity contribution is 0.0948. The third-order valence-electron chi connectivity index (χ3n) is 3.84. The van der Waals surface area contributed by atoms with Crippen molar-refractivity contribution in [2.75, 3.05) is 11.8 Å². The van der Waals surface area contributed by atoms with Crippen LogP contribution in [0.3, 0.4) is 0 Å². The van der Waals surface area contributed by atoms with Gasteiger partial charge in [-0.05, 0) is 42.5 Å². The molecule has 1 amide bonds. The summed E-state index contributed by atoms with van der Waals surface area (Å²) in [5.74, 6) is 0.476. The Morgan fingerprint density at radius 2 is 1.93 bits per heavy atom. The van der Waals surface area contributed by atoms with E-state index in [2.05, 4.69) is 10.0 Å². The van der Waals surface area contributed by atoms with Crippen molar-refractivity contribution < 1.29 is 22.4 Å². The molecule has 2 N–H and O–H groups in total. The largest absolute Gasteiger partial charge is 0.495 e. The zero-order valence-corrected chi connectivity index (χ0v) is 16.4. The summed E-state index contributed by atoms with van der Waals surface area (Å²) >= 11 is 6.09. The van der Waals surface area contributed by atoms with E-state index in [1.165, 1.54) is 31.6 Å². The summed E-state index contributed by atoms with van der Waals surface area (Å²) in [7, 11) is -2.62. The Bertz CT molecular complexity index is 1080. The minimum absolute atomic E-state index is 0.00928. The number of nitrogens with one attached hydrogen (secondary N) is 2. The van der Waals surface area contributed by atoms with Crippen molar-refractivity contribution in [3.63, 3.8) is 0 Å². The van der Waals surface area contributed by atoms with Crippen LogP contribution >= 0.6 is 11.6 Å². The smallest absolute Gasteiger partial charge is 0.263 e. The highest BCUT2D eigenvalue weighted by Gasteiger charge is 2.21. The maximum absolute atomic E-state index is 12.8. The minimum Gasteiger partial charge on any atom is -0.495 e. The molecule has 0 bridgehead atoms. The number of anilines is 1. The fraction of sp³-hybridized carbons (Fsp3) is 0.105. The van der Waals surface area contributed by atoms with E-state index in [0.717, 1.165) is 0 Å². The van der Waals surface area contributed by atoms with E-state index < -0.39 is 15.9 Å². The molecule has 0 atom stereocenters. The fourth-order valence-electron chi connectivity index (χ4n) is 2.46. The second-order valence-electron chi connectivity index (χ2n) is 5.71. The predicted molar refractivity (Wildman–Crippen MR) is 105 cm³/mol. The molecule has 0 aliphatic carbocycles. The number of methoxy groups -OCH3 is 1. The number of amides is 1. The highest BCUT2D eigenvalue weighted by Crippen LogP contribution is 2.29. The van der Waals surface area contributed by atoms with Gasteiger partial charge in [0.1, 0.15) is 16.4 Å². The van der Waals surface area contributed by atoms with Crippen LogP contribution in [0.15, 0.2) is 70.2 Å². The summed E-state index contributed by atoms with van der Waals surface area (Å²) in [5.41, 5.74) is 0.407. The molecule has 3 aromatic rings. The third-order valence-corrected chi connectivity index (χ3v) is 5.68. The highest BCUT2D eigenvalue weighted by molar-refractivity contribution is 7.92. The molecule has 3 rings (SSSR count). The van der Waals surface area contributed by atoms with Crippen molar-refractivity contribution >= 4 is 33.2 Å². The van der Waals surface area contributed by atoms with Crippen LogP contribution in [-0.2, 0) is 16.6 Å². The maximum atomic E-state index is 12.8. The van der Waals surface area contributed by atoms with Gasteiger partial charge in [-0.3, -0.25) is 9.52 Å². The van der Waals surface area contributed by atoms with Gasteiger partial charge in [0.15, 0.2) is 0 Å². The summed E-state index contributed by atoms with van der Waals surface area (Å²) < 4.78 is 38.4. The number of furan rings is 1. The Morgan fingerprint density at radius 3 is 2.64 bits per heavy atom. The monoisotopic (exact) mass is 420 g/mol. The average molecular weight is 421 g/mol. The molecule has 0 aliphatic rings. The van der Waals surface area contributed by atoms with Crippen molar-refractivity contribution in [3.8, 4) is 5.75 Å². The molecule has 1 heterocycles. The van der Waals surface area contributed by atoms with Crippen LogP contribution in [0.5, 0.6) is 5.75 Å². The van der Waals surface area contributed by atoms with Crippen molar-refractivity contribution in [1.29, 1.82) is 0 Å². The summed E-state index contributed by atoms with van der Waals surface area (Å²) in [6, 6.07) is 14.0. The number of hydrogen-bond acceptors (Lipinski definition) is 5. The summed E-state index contributed by atoms with van der Waals surface area (Å²) in [4.78, 5) is 12.1. The summed E-state index contributed by atoms with van der Waals surface area (Å²) in [5, 5.41) is 2.65. The number of halogens is 1. The number of hydrogen-bond donors (Lipinski definition) is 2. The second kappa shape index (κ2) is 8.37. The fourth-order valence-corrected chi connectivity index (χ4v) is 4.06. The molecule has 28 heavy (non-hydrogen) atoms. The van der Waals surface area contributed by atoms with Crippen molar-refractivity contribution in [2.24, 2.45) is 0 Å². The number of sulfonamides is 1. The summed E-state index contributed by atoms with van der Waals surface area (Å²) in [6.45, 7) is 0.177. The van der Waals surface area contributed by atoms with E-state index in [1.54, 1.807) is 36.4 Å². The molecule has 0 radical (unpaired) electrons. The van der Waals surface area contributed by atoms with E-state index in [-0.39, 0.29) is 27.7 Å². The van der Waals surface area contributed by atoms with E-state index in [1.807, 2.05) is 0 Å². The average Bonchev–Trinajstić information content (AvgIpc) is 3.20. The Kier molecular flexibility index (Phi) is 5.91. The van der Waals surface area contributed by atoms with Gasteiger partial charge in [-0.15, -0.1) is 0 Å². The molecule has 146 valence electrons. The molecule has 2 aromatic carbocycles. The Balaban J connectivity index is 1.84. The van der Waals surface area contributed by atoms with Crippen LogP contribution in [0.2, 0.25) is 5.02 Å². The predicted octanol–water partition coefficient (Wildman–Crippen LogP) is 3.67. The molecule has 0 fully saturated rings. The number of para-hydroxylation sites is 2. The molecule has 1 aromatic heterocycles. The van der Waals surface area contributed by atoms with Gasteiger partial charge in [0, 0.05) is 5.56 Å². The van der Waals surface area contributed by atoms with E-state index in [0.29, 0.717) is 11.5 Å². The van der Waals surface area contributed by atoms with Crippen LogP contribution in [0, 0.1) is 0 Å². The lowest BCUT2D eigenvalue weighted by Crippen LogP contribution is -2.23. The maximum Gasteiger partial charge on any atom is 0.263 e. The lowest BCUT2D eigenvalue weighted by Gasteiger charge is -2.13.